The number of fused-ring (bicyclic) bond motifs is 1. The van der Waals surface area contributed by atoms with Crippen LogP contribution in [0.15, 0.2) is 54.6 Å². The van der Waals surface area contributed by atoms with E-state index in [0.717, 1.165) is 34.3 Å². The maximum absolute atomic E-state index is 13.7. The van der Waals surface area contributed by atoms with Crippen LogP contribution in [0, 0.1) is 5.82 Å². The first kappa shape index (κ1) is 22.3. The Hall–Kier alpha value is -2.42. The molecule has 0 saturated carbocycles. The number of hydrogen-bond acceptors (Lipinski definition) is 2. The van der Waals surface area contributed by atoms with Crippen LogP contribution >= 0.6 is 0 Å². The van der Waals surface area contributed by atoms with E-state index in [1.165, 1.54) is 69.9 Å². The van der Waals surface area contributed by atoms with Crippen molar-refractivity contribution in [2.75, 3.05) is 6.61 Å². The topological polar surface area (TPSA) is 22.1 Å². The number of unbranched alkanes of at least 4 members (excludes halogenated alkanes) is 9. The molecule has 2 nitrogen and oxygen atoms in total. The summed E-state index contributed by atoms with van der Waals surface area (Å²) in [5.74, 6) is 0.575. The van der Waals surface area contributed by atoms with Gasteiger partial charge in [0, 0.05) is 17.0 Å². The second-order valence-electron chi connectivity index (χ2n) is 8.06. The molecule has 0 aliphatic rings. The Labute approximate surface area is 180 Å². The van der Waals surface area contributed by atoms with Crippen molar-refractivity contribution in [3.8, 4) is 17.0 Å². The first-order valence-electron chi connectivity index (χ1n) is 11.6. The molecule has 0 bridgehead atoms. The molecule has 1 heterocycles. The van der Waals surface area contributed by atoms with Gasteiger partial charge in [-0.15, -0.1) is 0 Å². The maximum Gasteiger partial charge on any atom is 0.130 e. The third-order valence-corrected chi connectivity index (χ3v) is 5.55. The molecule has 0 radical (unpaired) electrons. The maximum atomic E-state index is 13.7. The summed E-state index contributed by atoms with van der Waals surface area (Å²) in [6, 6.07) is 16.5. The van der Waals surface area contributed by atoms with Gasteiger partial charge in [0.2, 0.25) is 0 Å². The van der Waals surface area contributed by atoms with Crippen molar-refractivity contribution in [1.29, 1.82) is 0 Å². The van der Waals surface area contributed by atoms with E-state index in [4.69, 9.17) is 9.72 Å². The third-order valence-electron chi connectivity index (χ3n) is 5.55. The second kappa shape index (κ2) is 12.3. The molecule has 0 saturated heterocycles. The molecule has 0 fully saturated rings. The summed E-state index contributed by atoms with van der Waals surface area (Å²) in [5.41, 5.74) is 2.38. The number of aromatic nitrogens is 1. The zero-order valence-corrected chi connectivity index (χ0v) is 18.2. The minimum absolute atomic E-state index is 0.254. The SMILES string of the molecule is CCCCCCCCCCCCOc1cc(-c2cccc(F)c2)nc2ccccc12. The standard InChI is InChI=1S/C27H34FNO/c1-2-3-4-5-6-7-8-9-10-13-19-30-27-21-26(22-15-14-16-23(28)20-22)29-25-18-12-11-17-24(25)27/h11-12,14-18,20-21H,2-10,13,19H2,1H3. The number of benzene rings is 2. The van der Waals surface area contributed by atoms with E-state index in [2.05, 4.69) is 6.92 Å². The smallest absolute Gasteiger partial charge is 0.130 e. The lowest BCUT2D eigenvalue weighted by Gasteiger charge is -2.12. The molecule has 3 aromatic rings. The van der Waals surface area contributed by atoms with Gasteiger partial charge < -0.3 is 4.74 Å². The van der Waals surface area contributed by atoms with Crippen molar-refractivity contribution in [2.45, 2.75) is 71.1 Å². The number of pyridine rings is 1. The molecule has 0 spiro atoms. The van der Waals surface area contributed by atoms with E-state index in [1.807, 2.05) is 36.4 Å². The van der Waals surface area contributed by atoms with Crippen LogP contribution < -0.4 is 4.74 Å². The Balaban J connectivity index is 1.51. The van der Waals surface area contributed by atoms with Gasteiger partial charge in [0.1, 0.15) is 11.6 Å². The van der Waals surface area contributed by atoms with Crippen molar-refractivity contribution < 1.29 is 9.13 Å². The average molecular weight is 408 g/mol. The minimum Gasteiger partial charge on any atom is -0.493 e. The number of halogens is 1. The van der Waals surface area contributed by atoms with E-state index in [1.54, 1.807) is 6.07 Å². The molecule has 3 heteroatoms. The molecule has 0 N–H and O–H groups in total. The molecule has 2 aromatic carbocycles. The van der Waals surface area contributed by atoms with Crippen LogP contribution in [0.25, 0.3) is 22.2 Å². The quantitative estimate of drug-likeness (QED) is 0.266. The van der Waals surface area contributed by atoms with Crippen LogP contribution in [-0.4, -0.2) is 11.6 Å². The largest absolute Gasteiger partial charge is 0.493 e. The fourth-order valence-corrected chi connectivity index (χ4v) is 3.83. The van der Waals surface area contributed by atoms with Gasteiger partial charge in [-0.1, -0.05) is 89.0 Å². The lowest BCUT2D eigenvalue weighted by atomic mass is 10.1. The van der Waals surface area contributed by atoms with Gasteiger partial charge in [-0.3, -0.25) is 0 Å². The Morgan fingerprint density at radius 2 is 1.47 bits per heavy atom. The van der Waals surface area contributed by atoms with Gasteiger partial charge in [-0.2, -0.15) is 0 Å². The van der Waals surface area contributed by atoms with Crippen LogP contribution in [0.1, 0.15) is 71.1 Å². The summed E-state index contributed by atoms with van der Waals surface area (Å²) in [6.45, 7) is 2.96. The summed E-state index contributed by atoms with van der Waals surface area (Å²) in [4.78, 5) is 4.71. The second-order valence-corrected chi connectivity index (χ2v) is 8.06. The summed E-state index contributed by atoms with van der Waals surface area (Å²) in [6.07, 6.45) is 13.1. The minimum atomic E-state index is -0.254. The lowest BCUT2D eigenvalue weighted by Crippen LogP contribution is -1.99. The Kier molecular flexibility index (Phi) is 9.14. The van der Waals surface area contributed by atoms with Gasteiger partial charge in [0.05, 0.1) is 17.8 Å². The van der Waals surface area contributed by atoms with Crippen LogP contribution in [0.4, 0.5) is 4.39 Å². The highest BCUT2D eigenvalue weighted by atomic mass is 19.1. The number of ether oxygens (including phenoxy) is 1. The lowest BCUT2D eigenvalue weighted by molar-refractivity contribution is 0.307. The fraction of sp³-hybridized carbons (Fsp3) is 0.444. The normalized spacial score (nSPS) is 11.1. The average Bonchev–Trinajstić information content (AvgIpc) is 2.77. The van der Waals surface area contributed by atoms with Crippen LogP contribution in [-0.2, 0) is 0 Å². The molecule has 160 valence electrons. The van der Waals surface area contributed by atoms with E-state index in [0.29, 0.717) is 6.61 Å². The van der Waals surface area contributed by atoms with Crippen LogP contribution in [0.3, 0.4) is 0 Å². The Morgan fingerprint density at radius 1 is 0.767 bits per heavy atom. The first-order valence-corrected chi connectivity index (χ1v) is 11.6. The molecule has 0 aliphatic carbocycles. The van der Waals surface area contributed by atoms with Crippen molar-refractivity contribution in [3.05, 3.63) is 60.4 Å². The van der Waals surface area contributed by atoms with E-state index in [-0.39, 0.29) is 5.82 Å². The van der Waals surface area contributed by atoms with Gasteiger partial charge in [-0.05, 0) is 30.7 Å². The molecule has 1 aromatic heterocycles. The van der Waals surface area contributed by atoms with Gasteiger partial charge in [0.15, 0.2) is 0 Å². The third kappa shape index (κ3) is 6.83. The number of para-hydroxylation sites is 1. The Morgan fingerprint density at radius 3 is 2.20 bits per heavy atom. The monoisotopic (exact) mass is 407 g/mol. The summed E-state index contributed by atoms with van der Waals surface area (Å²) in [5, 5.41) is 1.00. The van der Waals surface area contributed by atoms with E-state index in [9.17, 15) is 4.39 Å². The molecular formula is C27H34FNO. The first-order chi connectivity index (χ1) is 14.8. The summed E-state index contributed by atoms with van der Waals surface area (Å²) >= 11 is 0. The van der Waals surface area contributed by atoms with Crippen molar-refractivity contribution in [3.63, 3.8) is 0 Å². The Bertz CT molecular complexity index is 908. The van der Waals surface area contributed by atoms with Crippen LogP contribution in [0.2, 0.25) is 0 Å². The number of rotatable bonds is 13. The van der Waals surface area contributed by atoms with Crippen LogP contribution in [0.5, 0.6) is 5.75 Å². The number of nitrogens with zero attached hydrogens (tertiary/aromatic N) is 1. The zero-order valence-electron chi connectivity index (χ0n) is 18.2. The molecule has 0 atom stereocenters. The highest BCUT2D eigenvalue weighted by Gasteiger charge is 2.09. The van der Waals surface area contributed by atoms with Gasteiger partial charge in [-0.25, -0.2) is 9.37 Å². The number of hydrogen-bond donors (Lipinski definition) is 0. The van der Waals surface area contributed by atoms with Crippen molar-refractivity contribution >= 4 is 10.9 Å². The molecule has 3 rings (SSSR count). The summed E-state index contributed by atoms with van der Waals surface area (Å²) in [7, 11) is 0. The summed E-state index contributed by atoms with van der Waals surface area (Å²) < 4.78 is 19.8. The van der Waals surface area contributed by atoms with Crippen molar-refractivity contribution in [1.82, 2.24) is 4.98 Å². The molecular weight excluding hydrogens is 373 g/mol. The van der Waals surface area contributed by atoms with E-state index >= 15 is 0 Å². The van der Waals surface area contributed by atoms with Gasteiger partial charge >= 0.3 is 0 Å². The highest BCUT2D eigenvalue weighted by Crippen LogP contribution is 2.30. The molecule has 30 heavy (non-hydrogen) atoms. The predicted octanol–water partition coefficient (Wildman–Crippen LogP) is 8.34. The van der Waals surface area contributed by atoms with E-state index < -0.39 is 0 Å². The molecule has 0 amide bonds. The molecule has 0 aliphatic heterocycles. The van der Waals surface area contributed by atoms with Crippen molar-refractivity contribution in [2.24, 2.45) is 0 Å². The van der Waals surface area contributed by atoms with Gasteiger partial charge in [0.25, 0.3) is 0 Å². The highest BCUT2D eigenvalue weighted by molar-refractivity contribution is 5.87. The molecule has 0 unspecified atom stereocenters. The predicted molar refractivity (Wildman–Crippen MR) is 124 cm³/mol. The fourth-order valence-electron chi connectivity index (χ4n) is 3.83. The zero-order chi connectivity index (χ0) is 21.0.